The van der Waals surface area contributed by atoms with E-state index in [-0.39, 0.29) is 5.03 Å². The average Bonchev–Trinajstić information content (AvgIpc) is 3.19. The van der Waals surface area contributed by atoms with Crippen LogP contribution >= 0.6 is 0 Å². The molecular formula is C14H26N4O2S. The van der Waals surface area contributed by atoms with Crippen molar-refractivity contribution in [2.24, 2.45) is 5.92 Å². The molecular weight excluding hydrogens is 288 g/mol. The van der Waals surface area contributed by atoms with Gasteiger partial charge in [-0.15, -0.1) is 0 Å². The second-order valence-corrected chi connectivity index (χ2v) is 7.47. The number of aromatic nitrogens is 2. The third-order valence-corrected chi connectivity index (χ3v) is 5.23. The summed E-state index contributed by atoms with van der Waals surface area (Å²) in [4.78, 5) is 0. The molecule has 0 saturated heterocycles. The second-order valence-electron chi connectivity index (χ2n) is 5.79. The Bertz CT molecular complexity index is 549. The Kier molecular flexibility index (Phi) is 5.78. The standard InChI is InChI=1S/C14H26N4O2S/c1-3-8-15-10-13-11(2)17-18-14(13)21(19,20)16-9-4-5-12-6-7-12/h12,15-16H,3-10H2,1-2H3,(H,17,18). The highest BCUT2D eigenvalue weighted by Crippen LogP contribution is 2.33. The lowest BCUT2D eigenvalue weighted by molar-refractivity contribution is 0.565. The van der Waals surface area contributed by atoms with Crippen molar-refractivity contribution in [2.45, 2.75) is 57.5 Å². The van der Waals surface area contributed by atoms with Crippen LogP contribution in [0.2, 0.25) is 0 Å². The highest BCUT2D eigenvalue weighted by Gasteiger charge is 2.24. The molecule has 1 aromatic rings. The molecule has 6 nitrogen and oxygen atoms in total. The molecule has 21 heavy (non-hydrogen) atoms. The molecule has 1 heterocycles. The Morgan fingerprint density at radius 3 is 2.76 bits per heavy atom. The smallest absolute Gasteiger partial charge is 0.260 e. The SMILES string of the molecule is CCCNCc1c(S(=O)(=O)NCCCC2CC2)n[nH]c1C. The normalized spacial score (nSPS) is 15.5. The van der Waals surface area contributed by atoms with Gasteiger partial charge >= 0.3 is 0 Å². The van der Waals surface area contributed by atoms with Gasteiger partial charge in [0.2, 0.25) is 0 Å². The third kappa shape index (κ3) is 4.79. The van der Waals surface area contributed by atoms with E-state index in [0.717, 1.165) is 43.0 Å². The van der Waals surface area contributed by atoms with E-state index in [1.165, 1.54) is 12.8 Å². The summed E-state index contributed by atoms with van der Waals surface area (Å²) < 4.78 is 27.3. The quantitative estimate of drug-likeness (QED) is 0.574. The minimum atomic E-state index is -3.52. The Hall–Kier alpha value is -0.920. The van der Waals surface area contributed by atoms with E-state index in [4.69, 9.17) is 0 Å². The largest absolute Gasteiger partial charge is 0.313 e. The lowest BCUT2D eigenvalue weighted by Gasteiger charge is -2.08. The van der Waals surface area contributed by atoms with Gasteiger partial charge < -0.3 is 5.32 Å². The Morgan fingerprint density at radius 2 is 2.10 bits per heavy atom. The van der Waals surface area contributed by atoms with Crippen molar-refractivity contribution in [3.8, 4) is 0 Å². The van der Waals surface area contributed by atoms with Crippen LogP contribution in [0, 0.1) is 12.8 Å². The molecule has 0 aromatic carbocycles. The zero-order valence-electron chi connectivity index (χ0n) is 12.9. The minimum absolute atomic E-state index is 0.134. The summed E-state index contributed by atoms with van der Waals surface area (Å²) in [5.41, 5.74) is 1.54. The molecule has 0 unspecified atom stereocenters. The van der Waals surface area contributed by atoms with Crippen molar-refractivity contribution in [1.29, 1.82) is 0 Å². The van der Waals surface area contributed by atoms with Crippen molar-refractivity contribution < 1.29 is 8.42 Å². The fraction of sp³-hybridized carbons (Fsp3) is 0.786. The van der Waals surface area contributed by atoms with E-state index in [1.807, 2.05) is 6.92 Å². The van der Waals surface area contributed by atoms with Crippen LogP contribution in [0.5, 0.6) is 0 Å². The fourth-order valence-corrected chi connectivity index (χ4v) is 3.59. The summed E-state index contributed by atoms with van der Waals surface area (Å²) in [5.74, 6) is 0.830. The molecule has 0 spiro atoms. The van der Waals surface area contributed by atoms with Gasteiger partial charge in [0, 0.05) is 24.3 Å². The van der Waals surface area contributed by atoms with Gasteiger partial charge in [-0.25, -0.2) is 13.1 Å². The van der Waals surface area contributed by atoms with Crippen molar-refractivity contribution in [3.63, 3.8) is 0 Å². The van der Waals surface area contributed by atoms with Gasteiger partial charge in [-0.3, -0.25) is 5.10 Å². The molecule has 1 aliphatic carbocycles. The predicted molar refractivity (Wildman–Crippen MR) is 82.5 cm³/mol. The second kappa shape index (κ2) is 7.38. The van der Waals surface area contributed by atoms with E-state index < -0.39 is 10.0 Å². The van der Waals surface area contributed by atoms with Crippen LogP contribution in [-0.4, -0.2) is 31.7 Å². The lowest BCUT2D eigenvalue weighted by atomic mass is 10.2. The minimum Gasteiger partial charge on any atom is -0.313 e. The molecule has 1 saturated carbocycles. The maximum Gasteiger partial charge on any atom is 0.260 e. The van der Waals surface area contributed by atoms with E-state index in [1.54, 1.807) is 0 Å². The molecule has 0 radical (unpaired) electrons. The van der Waals surface area contributed by atoms with Gasteiger partial charge in [-0.1, -0.05) is 19.8 Å². The first-order valence-corrected chi connectivity index (χ1v) is 9.27. The maximum absolute atomic E-state index is 12.3. The number of sulfonamides is 1. The zero-order valence-corrected chi connectivity index (χ0v) is 13.7. The molecule has 120 valence electrons. The predicted octanol–water partition coefficient (Wildman–Crippen LogP) is 1.69. The number of aromatic amines is 1. The zero-order chi connectivity index (χ0) is 15.3. The number of rotatable bonds is 10. The van der Waals surface area contributed by atoms with Gasteiger partial charge in [-0.05, 0) is 38.6 Å². The summed E-state index contributed by atoms with van der Waals surface area (Å²) in [6, 6.07) is 0. The molecule has 1 aromatic heterocycles. The van der Waals surface area contributed by atoms with Crippen molar-refractivity contribution >= 4 is 10.0 Å². The summed E-state index contributed by atoms with van der Waals surface area (Å²) in [5, 5.41) is 10.1. The van der Waals surface area contributed by atoms with Crippen molar-refractivity contribution in [2.75, 3.05) is 13.1 Å². The van der Waals surface area contributed by atoms with Crippen LogP contribution in [0.3, 0.4) is 0 Å². The van der Waals surface area contributed by atoms with Crippen molar-refractivity contribution in [1.82, 2.24) is 20.2 Å². The molecule has 1 fully saturated rings. The number of hydrogen-bond donors (Lipinski definition) is 3. The molecule has 3 N–H and O–H groups in total. The monoisotopic (exact) mass is 314 g/mol. The Labute approximate surface area is 127 Å². The molecule has 7 heteroatoms. The molecule has 0 bridgehead atoms. The van der Waals surface area contributed by atoms with Gasteiger partial charge in [0.15, 0.2) is 5.03 Å². The average molecular weight is 314 g/mol. The van der Waals surface area contributed by atoms with Crippen molar-refractivity contribution in [3.05, 3.63) is 11.3 Å². The molecule has 0 aliphatic heterocycles. The van der Waals surface area contributed by atoms with Crippen LogP contribution in [-0.2, 0) is 16.6 Å². The number of nitrogens with zero attached hydrogens (tertiary/aromatic N) is 1. The van der Waals surface area contributed by atoms with E-state index in [9.17, 15) is 8.42 Å². The maximum atomic E-state index is 12.3. The molecule has 0 atom stereocenters. The van der Waals surface area contributed by atoms with E-state index >= 15 is 0 Å². The van der Waals surface area contributed by atoms with Gasteiger partial charge in [0.25, 0.3) is 10.0 Å². The van der Waals surface area contributed by atoms with E-state index in [2.05, 4.69) is 27.2 Å². The molecule has 1 aliphatic rings. The molecule has 0 amide bonds. The summed E-state index contributed by atoms with van der Waals surface area (Å²) in [6.45, 7) is 5.80. The lowest BCUT2D eigenvalue weighted by Crippen LogP contribution is -2.27. The first kappa shape index (κ1) is 16.5. The number of aryl methyl sites for hydroxylation is 1. The fourth-order valence-electron chi connectivity index (χ4n) is 2.32. The van der Waals surface area contributed by atoms with Crippen LogP contribution in [0.1, 0.15) is 50.3 Å². The van der Waals surface area contributed by atoms with Gasteiger partial charge in [-0.2, -0.15) is 5.10 Å². The van der Waals surface area contributed by atoms with Crippen LogP contribution in [0.4, 0.5) is 0 Å². The van der Waals surface area contributed by atoms with Crippen LogP contribution in [0.25, 0.3) is 0 Å². The summed E-state index contributed by atoms with van der Waals surface area (Å²) in [6.07, 6.45) is 5.64. The van der Waals surface area contributed by atoms with Crippen LogP contribution in [0.15, 0.2) is 5.03 Å². The first-order valence-electron chi connectivity index (χ1n) is 7.78. The number of H-pyrrole nitrogens is 1. The Balaban J connectivity index is 1.93. The molecule has 2 rings (SSSR count). The van der Waals surface area contributed by atoms with E-state index in [0.29, 0.717) is 13.1 Å². The van der Waals surface area contributed by atoms with Crippen LogP contribution < -0.4 is 10.0 Å². The number of hydrogen-bond acceptors (Lipinski definition) is 4. The topological polar surface area (TPSA) is 86.9 Å². The third-order valence-electron chi connectivity index (χ3n) is 3.80. The van der Waals surface area contributed by atoms with Gasteiger partial charge in [0.1, 0.15) is 0 Å². The first-order chi connectivity index (χ1) is 10.0. The number of nitrogens with one attached hydrogen (secondary N) is 3. The Morgan fingerprint density at radius 1 is 1.33 bits per heavy atom. The highest BCUT2D eigenvalue weighted by atomic mass is 32.2. The summed E-state index contributed by atoms with van der Waals surface area (Å²) in [7, 11) is -3.52. The van der Waals surface area contributed by atoms with Gasteiger partial charge in [0.05, 0.1) is 0 Å². The summed E-state index contributed by atoms with van der Waals surface area (Å²) >= 11 is 0. The highest BCUT2D eigenvalue weighted by molar-refractivity contribution is 7.89.